The van der Waals surface area contributed by atoms with E-state index in [2.05, 4.69) is 5.32 Å². The Morgan fingerprint density at radius 3 is 2.12 bits per heavy atom. The third kappa shape index (κ3) is 3.96. The van der Waals surface area contributed by atoms with Gasteiger partial charge in [0.1, 0.15) is 5.02 Å². The Bertz CT molecular complexity index is 895. The summed E-state index contributed by atoms with van der Waals surface area (Å²) in [5.74, 6) is -1.01. The fourth-order valence-corrected chi connectivity index (χ4v) is 2.25. The first-order valence-corrected chi connectivity index (χ1v) is 7.13. The number of hydrogen-bond donors (Lipinski definition) is 1. The Kier molecular flexibility index (Phi) is 5.08. The van der Waals surface area contributed by atoms with Crippen LogP contribution < -0.4 is 5.32 Å². The van der Waals surface area contributed by atoms with Gasteiger partial charge in [-0.15, -0.1) is 0 Å². The number of nitro benzene ring substituents is 2. The first-order chi connectivity index (χ1) is 11.7. The minimum atomic E-state index is -0.909. The van der Waals surface area contributed by atoms with Crippen molar-refractivity contribution in [3.8, 4) is 0 Å². The van der Waals surface area contributed by atoms with Crippen LogP contribution in [0.4, 0.5) is 17.1 Å². The molecule has 25 heavy (non-hydrogen) atoms. The molecule has 10 heteroatoms. The highest BCUT2D eigenvalue weighted by atomic mass is 35.5. The summed E-state index contributed by atoms with van der Waals surface area (Å²) in [4.78, 5) is 43.6. The van der Waals surface area contributed by atoms with Gasteiger partial charge in [0.15, 0.2) is 5.78 Å². The zero-order chi connectivity index (χ0) is 18.7. The molecule has 2 rings (SSSR count). The summed E-state index contributed by atoms with van der Waals surface area (Å²) in [5, 5.41) is 23.8. The van der Waals surface area contributed by atoms with E-state index in [0.717, 1.165) is 6.07 Å². The van der Waals surface area contributed by atoms with Crippen molar-refractivity contribution in [2.75, 3.05) is 5.32 Å². The van der Waals surface area contributed by atoms with Crippen LogP contribution >= 0.6 is 11.6 Å². The quantitative estimate of drug-likeness (QED) is 0.490. The number of amides is 1. The second-order valence-corrected chi connectivity index (χ2v) is 5.31. The van der Waals surface area contributed by atoms with Crippen LogP contribution in [0.3, 0.4) is 0 Å². The molecule has 9 nitrogen and oxygen atoms in total. The van der Waals surface area contributed by atoms with Gasteiger partial charge in [-0.1, -0.05) is 11.6 Å². The number of ketones is 1. The topological polar surface area (TPSA) is 132 Å². The number of rotatable bonds is 5. The van der Waals surface area contributed by atoms with E-state index in [0.29, 0.717) is 17.3 Å². The van der Waals surface area contributed by atoms with Gasteiger partial charge in [-0.2, -0.15) is 0 Å². The summed E-state index contributed by atoms with van der Waals surface area (Å²) in [5.41, 5.74) is -1.05. The molecule has 0 saturated carbocycles. The standard InChI is InChI=1S/C15H10ClN3O6/c1-8(20)9-2-4-10(5-3-9)17-15(21)12-6-11(18(22)23)7-13(14(12)16)19(24)25/h2-7H,1H3,(H,17,21). The van der Waals surface area contributed by atoms with E-state index in [1.807, 2.05) is 0 Å². The molecule has 0 radical (unpaired) electrons. The number of anilines is 1. The van der Waals surface area contributed by atoms with Gasteiger partial charge in [-0.3, -0.25) is 29.8 Å². The molecule has 0 spiro atoms. The van der Waals surface area contributed by atoms with Gasteiger partial charge in [0, 0.05) is 17.3 Å². The molecule has 0 atom stereocenters. The van der Waals surface area contributed by atoms with Gasteiger partial charge in [-0.25, -0.2) is 0 Å². The summed E-state index contributed by atoms with van der Waals surface area (Å²) >= 11 is 5.84. The highest BCUT2D eigenvalue weighted by Crippen LogP contribution is 2.33. The van der Waals surface area contributed by atoms with Crippen LogP contribution in [0.2, 0.25) is 5.02 Å². The van der Waals surface area contributed by atoms with Crippen molar-refractivity contribution in [2.45, 2.75) is 6.92 Å². The number of benzene rings is 2. The third-order valence-corrected chi connectivity index (χ3v) is 3.64. The van der Waals surface area contributed by atoms with Crippen molar-refractivity contribution in [1.29, 1.82) is 0 Å². The molecule has 128 valence electrons. The molecule has 0 aliphatic carbocycles. The number of Topliss-reactive ketones (excluding diaryl/α,β-unsaturated/α-hetero) is 1. The molecule has 0 aliphatic rings. The van der Waals surface area contributed by atoms with Gasteiger partial charge >= 0.3 is 0 Å². The van der Waals surface area contributed by atoms with Crippen molar-refractivity contribution in [1.82, 2.24) is 0 Å². The van der Waals surface area contributed by atoms with Gasteiger partial charge in [0.05, 0.1) is 21.5 Å². The Morgan fingerprint density at radius 1 is 1.04 bits per heavy atom. The average molecular weight is 364 g/mol. The number of carbonyl (C=O) groups is 2. The number of nitro groups is 2. The second-order valence-electron chi connectivity index (χ2n) is 4.93. The largest absolute Gasteiger partial charge is 0.322 e. The highest BCUT2D eigenvalue weighted by molar-refractivity contribution is 6.36. The first-order valence-electron chi connectivity index (χ1n) is 6.75. The monoisotopic (exact) mass is 363 g/mol. The normalized spacial score (nSPS) is 10.2. The smallest absolute Gasteiger partial charge is 0.295 e. The number of nitrogens with zero attached hydrogens (tertiary/aromatic N) is 2. The van der Waals surface area contributed by atoms with E-state index in [1.54, 1.807) is 0 Å². The summed E-state index contributed by atoms with van der Waals surface area (Å²) in [6, 6.07) is 7.41. The van der Waals surface area contributed by atoms with E-state index in [1.165, 1.54) is 31.2 Å². The van der Waals surface area contributed by atoms with E-state index in [4.69, 9.17) is 11.6 Å². The van der Waals surface area contributed by atoms with Crippen molar-refractivity contribution in [3.05, 3.63) is 72.8 Å². The lowest BCUT2D eigenvalue weighted by Gasteiger charge is -2.08. The van der Waals surface area contributed by atoms with Crippen LogP contribution in [0.25, 0.3) is 0 Å². The number of nitrogens with one attached hydrogen (secondary N) is 1. The van der Waals surface area contributed by atoms with Crippen molar-refractivity contribution < 1.29 is 19.4 Å². The molecule has 0 fully saturated rings. The van der Waals surface area contributed by atoms with Crippen LogP contribution in [0.15, 0.2) is 36.4 Å². The molecule has 0 bridgehead atoms. The minimum absolute atomic E-state index is 0.157. The Balaban J connectivity index is 2.39. The number of non-ortho nitro benzene ring substituents is 1. The molecule has 0 saturated heterocycles. The SMILES string of the molecule is CC(=O)c1ccc(NC(=O)c2cc([N+](=O)[O-])cc([N+](=O)[O-])c2Cl)cc1. The lowest BCUT2D eigenvalue weighted by molar-refractivity contribution is -0.394. The Labute approximate surface area is 145 Å². The molecule has 1 amide bonds. The second kappa shape index (κ2) is 7.05. The fourth-order valence-electron chi connectivity index (χ4n) is 1.98. The highest BCUT2D eigenvalue weighted by Gasteiger charge is 2.26. The van der Waals surface area contributed by atoms with Crippen molar-refractivity contribution in [3.63, 3.8) is 0 Å². The Morgan fingerprint density at radius 2 is 1.64 bits per heavy atom. The zero-order valence-corrected chi connectivity index (χ0v) is 13.4. The maximum absolute atomic E-state index is 12.3. The summed E-state index contributed by atoms with van der Waals surface area (Å²) in [6.45, 7) is 1.38. The van der Waals surface area contributed by atoms with Crippen LogP contribution in [-0.4, -0.2) is 21.5 Å². The molecule has 0 unspecified atom stereocenters. The number of hydrogen-bond acceptors (Lipinski definition) is 6. The molecule has 0 aliphatic heterocycles. The summed E-state index contributed by atoms with van der Waals surface area (Å²) < 4.78 is 0. The van der Waals surface area contributed by atoms with Crippen LogP contribution in [-0.2, 0) is 0 Å². The molecule has 0 aromatic heterocycles. The average Bonchev–Trinajstić information content (AvgIpc) is 2.54. The van der Waals surface area contributed by atoms with Gasteiger partial charge < -0.3 is 5.32 Å². The predicted octanol–water partition coefficient (Wildman–Crippen LogP) is 3.61. The zero-order valence-electron chi connectivity index (χ0n) is 12.7. The first kappa shape index (κ1) is 18.0. The molecule has 1 N–H and O–H groups in total. The summed E-state index contributed by atoms with van der Waals surface area (Å²) in [6.07, 6.45) is 0. The number of halogens is 1. The van der Waals surface area contributed by atoms with Crippen LogP contribution in [0.5, 0.6) is 0 Å². The maximum atomic E-state index is 12.3. The van der Waals surface area contributed by atoms with Crippen molar-refractivity contribution >= 4 is 40.4 Å². The maximum Gasteiger partial charge on any atom is 0.295 e. The summed E-state index contributed by atoms with van der Waals surface area (Å²) in [7, 11) is 0. The fraction of sp³-hybridized carbons (Fsp3) is 0.0667. The third-order valence-electron chi connectivity index (χ3n) is 3.24. The van der Waals surface area contributed by atoms with Crippen LogP contribution in [0.1, 0.15) is 27.6 Å². The van der Waals surface area contributed by atoms with E-state index in [-0.39, 0.29) is 5.78 Å². The predicted molar refractivity (Wildman–Crippen MR) is 89.2 cm³/mol. The van der Waals surface area contributed by atoms with Gasteiger partial charge in [0.2, 0.25) is 0 Å². The van der Waals surface area contributed by atoms with E-state index < -0.39 is 37.7 Å². The molecule has 2 aromatic carbocycles. The Hall–Kier alpha value is -3.33. The molecular weight excluding hydrogens is 354 g/mol. The molecule has 2 aromatic rings. The molecular formula is C15H10ClN3O6. The van der Waals surface area contributed by atoms with Crippen molar-refractivity contribution in [2.24, 2.45) is 0 Å². The molecule has 0 heterocycles. The van der Waals surface area contributed by atoms with E-state index in [9.17, 15) is 29.8 Å². The van der Waals surface area contributed by atoms with Gasteiger partial charge in [0.25, 0.3) is 17.3 Å². The lowest BCUT2D eigenvalue weighted by atomic mass is 10.1. The van der Waals surface area contributed by atoms with E-state index >= 15 is 0 Å². The number of carbonyl (C=O) groups excluding carboxylic acids is 2. The minimum Gasteiger partial charge on any atom is -0.322 e. The van der Waals surface area contributed by atoms with Gasteiger partial charge in [-0.05, 0) is 31.2 Å². The van der Waals surface area contributed by atoms with Crippen LogP contribution in [0, 0.1) is 20.2 Å². The lowest BCUT2D eigenvalue weighted by Crippen LogP contribution is -2.13.